The minimum absolute atomic E-state index is 0.160. The molecule has 1 fully saturated rings. The van der Waals surface area contributed by atoms with Gasteiger partial charge in [0.2, 0.25) is 0 Å². The Bertz CT molecular complexity index is 414. The molecule has 1 aliphatic rings. The molecule has 0 N–H and O–H groups in total. The molecule has 0 amide bonds. The molecule has 5 heteroatoms. The summed E-state index contributed by atoms with van der Waals surface area (Å²) in [6.07, 6.45) is 3.39. The topological polar surface area (TPSA) is 55.6 Å². The smallest absolute Gasteiger partial charge is 0.292 e. The molecule has 0 unspecified atom stereocenters. The van der Waals surface area contributed by atoms with Crippen LogP contribution < -0.4 is 9.64 Å². The Labute approximate surface area is 100 Å². The molecular weight excluding hydrogens is 220 g/mol. The maximum Gasteiger partial charge on any atom is 0.292 e. The summed E-state index contributed by atoms with van der Waals surface area (Å²) in [5.74, 6) is 0.663. The molecule has 1 aromatic carbocycles. The standard InChI is InChI=1S/C12H16N2O3/c1-17-10-5-6-11(14(15)16)12(9-10)13-7-3-2-4-8-13/h5-6,9H,2-4,7-8H2,1H3. The molecule has 0 aliphatic carbocycles. The van der Waals surface area contributed by atoms with Gasteiger partial charge in [0.25, 0.3) is 5.69 Å². The molecule has 0 atom stereocenters. The molecule has 0 spiro atoms. The largest absolute Gasteiger partial charge is 0.497 e. The van der Waals surface area contributed by atoms with Gasteiger partial charge in [-0.2, -0.15) is 0 Å². The lowest BCUT2D eigenvalue weighted by Crippen LogP contribution is -2.29. The average molecular weight is 236 g/mol. The van der Waals surface area contributed by atoms with Crippen molar-refractivity contribution in [1.29, 1.82) is 0 Å². The Kier molecular flexibility index (Phi) is 3.46. The van der Waals surface area contributed by atoms with Crippen LogP contribution in [0.25, 0.3) is 0 Å². The van der Waals surface area contributed by atoms with Gasteiger partial charge in [0.05, 0.1) is 12.0 Å². The molecule has 92 valence electrons. The average Bonchev–Trinajstić information content (AvgIpc) is 2.39. The van der Waals surface area contributed by atoms with Crippen LogP contribution in [0.2, 0.25) is 0 Å². The zero-order valence-corrected chi connectivity index (χ0v) is 9.89. The van der Waals surface area contributed by atoms with Crippen molar-refractivity contribution < 1.29 is 9.66 Å². The summed E-state index contributed by atoms with van der Waals surface area (Å²) in [7, 11) is 1.57. The van der Waals surface area contributed by atoms with E-state index in [9.17, 15) is 10.1 Å². The highest BCUT2D eigenvalue weighted by Crippen LogP contribution is 2.33. The van der Waals surface area contributed by atoms with E-state index in [4.69, 9.17) is 4.74 Å². The predicted octanol–water partition coefficient (Wildman–Crippen LogP) is 2.59. The first-order valence-electron chi connectivity index (χ1n) is 5.80. The van der Waals surface area contributed by atoms with E-state index in [1.165, 1.54) is 12.5 Å². The molecule has 2 rings (SSSR count). The zero-order valence-electron chi connectivity index (χ0n) is 9.89. The number of hydrogen-bond donors (Lipinski definition) is 0. The number of anilines is 1. The van der Waals surface area contributed by atoms with Crippen LogP contribution in [0.15, 0.2) is 18.2 Å². The molecule has 5 nitrogen and oxygen atoms in total. The van der Waals surface area contributed by atoms with E-state index in [2.05, 4.69) is 4.90 Å². The van der Waals surface area contributed by atoms with Crippen LogP contribution in [-0.2, 0) is 0 Å². The highest BCUT2D eigenvalue weighted by atomic mass is 16.6. The van der Waals surface area contributed by atoms with E-state index in [0.29, 0.717) is 11.4 Å². The van der Waals surface area contributed by atoms with Crippen molar-refractivity contribution in [2.75, 3.05) is 25.1 Å². The summed E-state index contributed by atoms with van der Waals surface area (Å²) in [5, 5.41) is 11.0. The third-order valence-corrected chi connectivity index (χ3v) is 3.08. The van der Waals surface area contributed by atoms with Gasteiger partial charge < -0.3 is 9.64 Å². The maximum atomic E-state index is 11.0. The van der Waals surface area contributed by atoms with E-state index in [0.717, 1.165) is 25.9 Å². The summed E-state index contributed by atoms with van der Waals surface area (Å²) in [4.78, 5) is 12.7. The van der Waals surface area contributed by atoms with Crippen LogP contribution in [0.1, 0.15) is 19.3 Å². The molecule has 1 aromatic rings. The van der Waals surface area contributed by atoms with Crippen molar-refractivity contribution in [3.8, 4) is 5.75 Å². The summed E-state index contributed by atoms with van der Waals surface area (Å²) >= 11 is 0. The molecule has 0 saturated carbocycles. The molecule has 1 aliphatic heterocycles. The Hall–Kier alpha value is -1.78. The van der Waals surface area contributed by atoms with E-state index in [1.54, 1.807) is 19.2 Å². The predicted molar refractivity (Wildman–Crippen MR) is 65.7 cm³/mol. The number of rotatable bonds is 3. The number of methoxy groups -OCH3 is 1. The minimum atomic E-state index is -0.330. The number of piperidine rings is 1. The van der Waals surface area contributed by atoms with Crippen molar-refractivity contribution >= 4 is 11.4 Å². The molecule has 0 bridgehead atoms. The quantitative estimate of drug-likeness (QED) is 0.598. The second kappa shape index (κ2) is 5.03. The third-order valence-electron chi connectivity index (χ3n) is 3.08. The minimum Gasteiger partial charge on any atom is -0.497 e. The summed E-state index contributed by atoms with van der Waals surface area (Å²) in [6, 6.07) is 4.90. The fraction of sp³-hybridized carbons (Fsp3) is 0.500. The second-order valence-corrected chi connectivity index (χ2v) is 4.16. The van der Waals surface area contributed by atoms with Gasteiger partial charge in [-0.05, 0) is 25.3 Å². The normalized spacial score (nSPS) is 15.7. The monoisotopic (exact) mass is 236 g/mol. The zero-order chi connectivity index (χ0) is 12.3. The lowest BCUT2D eigenvalue weighted by molar-refractivity contribution is -0.384. The van der Waals surface area contributed by atoms with E-state index < -0.39 is 0 Å². The lowest BCUT2D eigenvalue weighted by Gasteiger charge is -2.28. The Balaban J connectivity index is 2.36. The number of nitro groups is 1. The van der Waals surface area contributed by atoms with Gasteiger partial charge >= 0.3 is 0 Å². The van der Waals surface area contributed by atoms with Crippen molar-refractivity contribution in [2.45, 2.75) is 19.3 Å². The van der Waals surface area contributed by atoms with Crippen LogP contribution in [0, 0.1) is 10.1 Å². The van der Waals surface area contributed by atoms with Crippen molar-refractivity contribution in [2.24, 2.45) is 0 Å². The van der Waals surface area contributed by atoms with Gasteiger partial charge in [-0.1, -0.05) is 0 Å². The van der Waals surface area contributed by atoms with Gasteiger partial charge in [-0.25, -0.2) is 0 Å². The molecular formula is C12H16N2O3. The van der Waals surface area contributed by atoms with Crippen LogP contribution in [0.5, 0.6) is 5.75 Å². The van der Waals surface area contributed by atoms with Gasteiger partial charge in [0.1, 0.15) is 11.4 Å². The first-order chi connectivity index (χ1) is 8.22. The van der Waals surface area contributed by atoms with Crippen LogP contribution >= 0.6 is 0 Å². The Morgan fingerprint density at radius 1 is 1.29 bits per heavy atom. The Morgan fingerprint density at radius 2 is 2.00 bits per heavy atom. The number of benzene rings is 1. The van der Waals surface area contributed by atoms with Gasteiger partial charge in [-0.3, -0.25) is 10.1 Å². The van der Waals surface area contributed by atoms with Gasteiger partial charge in [-0.15, -0.1) is 0 Å². The lowest BCUT2D eigenvalue weighted by atomic mass is 10.1. The highest BCUT2D eigenvalue weighted by Gasteiger charge is 2.21. The van der Waals surface area contributed by atoms with Crippen LogP contribution in [-0.4, -0.2) is 25.1 Å². The first kappa shape index (κ1) is 11.7. The van der Waals surface area contributed by atoms with E-state index in [-0.39, 0.29) is 10.6 Å². The van der Waals surface area contributed by atoms with Gasteiger partial charge in [0.15, 0.2) is 0 Å². The van der Waals surface area contributed by atoms with Crippen LogP contribution in [0.4, 0.5) is 11.4 Å². The first-order valence-corrected chi connectivity index (χ1v) is 5.80. The summed E-state index contributed by atoms with van der Waals surface area (Å²) in [5.41, 5.74) is 0.835. The molecule has 17 heavy (non-hydrogen) atoms. The maximum absolute atomic E-state index is 11.0. The number of nitro benzene ring substituents is 1. The second-order valence-electron chi connectivity index (χ2n) is 4.16. The van der Waals surface area contributed by atoms with Crippen molar-refractivity contribution in [3.05, 3.63) is 28.3 Å². The van der Waals surface area contributed by atoms with Crippen LogP contribution in [0.3, 0.4) is 0 Å². The summed E-state index contributed by atoms with van der Waals surface area (Å²) in [6.45, 7) is 1.77. The molecule has 0 aromatic heterocycles. The van der Waals surface area contributed by atoms with E-state index >= 15 is 0 Å². The summed E-state index contributed by atoms with van der Waals surface area (Å²) < 4.78 is 5.13. The molecule has 1 saturated heterocycles. The number of nitrogens with zero attached hydrogens (tertiary/aromatic N) is 2. The Morgan fingerprint density at radius 3 is 2.59 bits per heavy atom. The fourth-order valence-electron chi connectivity index (χ4n) is 2.17. The van der Waals surface area contributed by atoms with Crippen molar-refractivity contribution in [1.82, 2.24) is 0 Å². The highest BCUT2D eigenvalue weighted by molar-refractivity contribution is 5.66. The fourth-order valence-corrected chi connectivity index (χ4v) is 2.17. The van der Waals surface area contributed by atoms with Crippen molar-refractivity contribution in [3.63, 3.8) is 0 Å². The SMILES string of the molecule is COc1ccc([N+](=O)[O-])c(N2CCCCC2)c1. The van der Waals surface area contributed by atoms with Gasteiger partial charge in [0, 0.05) is 25.2 Å². The number of hydrogen-bond acceptors (Lipinski definition) is 4. The number of ether oxygens (including phenoxy) is 1. The molecule has 1 heterocycles. The van der Waals surface area contributed by atoms with E-state index in [1.807, 2.05) is 0 Å². The third kappa shape index (κ3) is 2.49. The molecule has 0 radical (unpaired) electrons.